The quantitative estimate of drug-likeness (QED) is 0.772. The average Bonchev–Trinajstić information content (AvgIpc) is 2.97. The van der Waals surface area contributed by atoms with Gasteiger partial charge in [-0.1, -0.05) is 19.1 Å². The molecular weight excluding hydrogens is 229 g/mol. The van der Waals surface area contributed by atoms with Gasteiger partial charge in [-0.25, -0.2) is 4.39 Å². The number of ketones is 1. The molecule has 0 aromatic heterocycles. The van der Waals surface area contributed by atoms with Gasteiger partial charge >= 0.3 is 0 Å². The summed E-state index contributed by atoms with van der Waals surface area (Å²) in [6, 6.07) is 6.16. The molecule has 0 N–H and O–H groups in total. The summed E-state index contributed by atoms with van der Waals surface area (Å²) in [7, 11) is 1.99. The first-order chi connectivity index (χ1) is 8.54. The Labute approximate surface area is 108 Å². The van der Waals surface area contributed by atoms with Crippen LogP contribution < -0.4 is 0 Å². The van der Waals surface area contributed by atoms with Crippen molar-refractivity contribution in [2.75, 3.05) is 20.1 Å². The zero-order chi connectivity index (χ0) is 13.1. The van der Waals surface area contributed by atoms with Crippen molar-refractivity contribution in [2.24, 2.45) is 11.8 Å². The Balaban J connectivity index is 1.75. The molecule has 2 rings (SSSR count). The van der Waals surface area contributed by atoms with Crippen LogP contribution in [0.15, 0.2) is 24.3 Å². The van der Waals surface area contributed by atoms with Crippen molar-refractivity contribution >= 4 is 5.78 Å². The molecule has 2 atom stereocenters. The zero-order valence-electron chi connectivity index (χ0n) is 11.0. The van der Waals surface area contributed by atoms with Crippen LogP contribution in [-0.2, 0) is 11.2 Å². The van der Waals surface area contributed by atoms with Gasteiger partial charge in [-0.3, -0.25) is 9.69 Å². The highest BCUT2D eigenvalue weighted by Gasteiger charge is 2.33. The molecule has 0 radical (unpaired) electrons. The van der Waals surface area contributed by atoms with E-state index in [9.17, 15) is 9.18 Å². The first-order valence-corrected chi connectivity index (χ1v) is 6.49. The van der Waals surface area contributed by atoms with Crippen LogP contribution in [-0.4, -0.2) is 30.8 Å². The molecule has 0 spiro atoms. The molecule has 1 aliphatic carbocycles. The van der Waals surface area contributed by atoms with Gasteiger partial charge in [0.2, 0.25) is 0 Å². The molecule has 0 saturated heterocycles. The van der Waals surface area contributed by atoms with Crippen molar-refractivity contribution in [3.63, 3.8) is 0 Å². The molecule has 0 aliphatic heterocycles. The third-order valence-corrected chi connectivity index (χ3v) is 3.58. The molecule has 98 valence electrons. The van der Waals surface area contributed by atoms with E-state index in [2.05, 4.69) is 11.8 Å². The minimum absolute atomic E-state index is 0.192. The standard InChI is InChI=1S/C15H20FNO/c1-11-7-13(11)9-17(2)10-15(18)8-12-3-5-14(16)6-4-12/h3-6,11,13H,7-10H2,1-2H3. The van der Waals surface area contributed by atoms with Crippen molar-refractivity contribution in [2.45, 2.75) is 19.8 Å². The fourth-order valence-electron chi connectivity index (χ4n) is 2.31. The van der Waals surface area contributed by atoms with E-state index in [1.807, 2.05) is 7.05 Å². The summed E-state index contributed by atoms with van der Waals surface area (Å²) in [6.45, 7) is 3.75. The highest BCUT2D eigenvalue weighted by Crippen LogP contribution is 2.37. The van der Waals surface area contributed by atoms with E-state index in [1.165, 1.54) is 18.6 Å². The number of halogens is 1. The second kappa shape index (κ2) is 5.61. The summed E-state index contributed by atoms with van der Waals surface area (Å²) in [5.74, 6) is 1.52. The van der Waals surface area contributed by atoms with Crippen LogP contribution >= 0.6 is 0 Å². The van der Waals surface area contributed by atoms with E-state index in [-0.39, 0.29) is 11.6 Å². The largest absolute Gasteiger partial charge is 0.299 e. The Hall–Kier alpha value is -1.22. The van der Waals surface area contributed by atoms with Gasteiger partial charge < -0.3 is 0 Å². The second-order valence-electron chi connectivity index (χ2n) is 5.51. The molecule has 1 aliphatic rings. The molecular formula is C15H20FNO. The van der Waals surface area contributed by atoms with Gasteiger partial charge in [0.25, 0.3) is 0 Å². The number of carbonyl (C=O) groups is 1. The smallest absolute Gasteiger partial charge is 0.151 e. The number of hydrogen-bond acceptors (Lipinski definition) is 2. The number of carbonyl (C=O) groups excluding carboxylic acids is 1. The summed E-state index contributed by atoms with van der Waals surface area (Å²) >= 11 is 0. The summed E-state index contributed by atoms with van der Waals surface area (Å²) < 4.78 is 12.7. The lowest BCUT2D eigenvalue weighted by Crippen LogP contribution is -2.29. The van der Waals surface area contributed by atoms with E-state index >= 15 is 0 Å². The molecule has 3 heteroatoms. The fraction of sp³-hybridized carbons (Fsp3) is 0.533. The lowest BCUT2D eigenvalue weighted by molar-refractivity contribution is -0.119. The Bertz CT molecular complexity index is 415. The summed E-state index contributed by atoms with van der Waals surface area (Å²) in [5.41, 5.74) is 0.884. The van der Waals surface area contributed by atoms with Crippen molar-refractivity contribution in [3.8, 4) is 0 Å². The van der Waals surface area contributed by atoms with Crippen LogP contribution in [0, 0.1) is 17.7 Å². The molecule has 0 amide bonds. The highest BCUT2D eigenvalue weighted by atomic mass is 19.1. The van der Waals surface area contributed by atoms with Crippen molar-refractivity contribution in [1.82, 2.24) is 4.90 Å². The molecule has 1 aromatic carbocycles. The molecule has 2 unspecified atom stereocenters. The maximum Gasteiger partial charge on any atom is 0.151 e. The predicted octanol–water partition coefficient (Wildman–Crippen LogP) is 2.53. The SMILES string of the molecule is CC1CC1CN(C)CC(=O)Cc1ccc(F)cc1. The van der Waals surface area contributed by atoms with Gasteiger partial charge in [-0.2, -0.15) is 0 Å². The second-order valence-corrected chi connectivity index (χ2v) is 5.51. The van der Waals surface area contributed by atoms with Gasteiger partial charge in [0.05, 0.1) is 6.54 Å². The van der Waals surface area contributed by atoms with Crippen molar-refractivity contribution in [3.05, 3.63) is 35.6 Å². The summed E-state index contributed by atoms with van der Waals surface area (Å²) in [4.78, 5) is 14.0. The van der Waals surface area contributed by atoms with Gasteiger partial charge in [-0.15, -0.1) is 0 Å². The fourth-order valence-corrected chi connectivity index (χ4v) is 2.31. The third kappa shape index (κ3) is 3.91. The van der Waals surface area contributed by atoms with E-state index in [0.717, 1.165) is 23.9 Å². The van der Waals surface area contributed by atoms with Gasteiger partial charge in [-0.05, 0) is 43.0 Å². The maximum absolute atomic E-state index is 12.7. The molecule has 0 heterocycles. The molecule has 1 saturated carbocycles. The van der Waals surface area contributed by atoms with Crippen molar-refractivity contribution in [1.29, 1.82) is 0 Å². The number of hydrogen-bond donors (Lipinski definition) is 0. The number of rotatable bonds is 6. The van der Waals surface area contributed by atoms with Crippen LogP contribution in [0.1, 0.15) is 18.9 Å². The van der Waals surface area contributed by atoms with Gasteiger partial charge in [0, 0.05) is 13.0 Å². The number of benzene rings is 1. The van der Waals surface area contributed by atoms with E-state index < -0.39 is 0 Å². The third-order valence-electron chi connectivity index (χ3n) is 3.58. The molecule has 0 bridgehead atoms. The monoisotopic (exact) mass is 249 g/mol. The molecule has 1 aromatic rings. The van der Waals surface area contributed by atoms with Crippen molar-refractivity contribution < 1.29 is 9.18 Å². The first kappa shape index (κ1) is 13.2. The molecule has 18 heavy (non-hydrogen) atoms. The number of Topliss-reactive ketones (excluding diaryl/α,β-unsaturated/α-hetero) is 1. The lowest BCUT2D eigenvalue weighted by atomic mass is 10.1. The van der Waals surface area contributed by atoms with Gasteiger partial charge in [0.15, 0.2) is 5.78 Å². The minimum atomic E-state index is -0.258. The topological polar surface area (TPSA) is 20.3 Å². The van der Waals surface area contributed by atoms with E-state index in [0.29, 0.717) is 13.0 Å². The number of likely N-dealkylation sites (N-methyl/N-ethyl adjacent to an activating group) is 1. The number of nitrogens with zero attached hydrogens (tertiary/aromatic N) is 1. The Kier molecular flexibility index (Phi) is 4.12. The molecule has 1 fully saturated rings. The van der Waals surface area contributed by atoms with Crippen LogP contribution in [0.4, 0.5) is 4.39 Å². The summed E-state index contributed by atoms with van der Waals surface area (Å²) in [5, 5.41) is 0. The lowest BCUT2D eigenvalue weighted by Gasteiger charge is -2.15. The summed E-state index contributed by atoms with van der Waals surface area (Å²) in [6.07, 6.45) is 1.68. The van der Waals surface area contributed by atoms with Crippen LogP contribution in [0.2, 0.25) is 0 Å². The van der Waals surface area contributed by atoms with E-state index in [4.69, 9.17) is 0 Å². The van der Waals surface area contributed by atoms with Crippen LogP contribution in [0.3, 0.4) is 0 Å². The van der Waals surface area contributed by atoms with Gasteiger partial charge in [0.1, 0.15) is 5.82 Å². The maximum atomic E-state index is 12.7. The molecule has 2 nitrogen and oxygen atoms in total. The Morgan fingerprint density at radius 3 is 2.56 bits per heavy atom. The Morgan fingerprint density at radius 2 is 2.00 bits per heavy atom. The highest BCUT2D eigenvalue weighted by molar-refractivity contribution is 5.82. The first-order valence-electron chi connectivity index (χ1n) is 6.49. The normalized spacial score (nSPS) is 22.2. The minimum Gasteiger partial charge on any atom is -0.299 e. The predicted molar refractivity (Wildman–Crippen MR) is 69.9 cm³/mol. The Morgan fingerprint density at radius 1 is 1.39 bits per heavy atom. The van der Waals surface area contributed by atoms with E-state index in [1.54, 1.807) is 12.1 Å². The van der Waals surface area contributed by atoms with Crippen LogP contribution in [0.25, 0.3) is 0 Å². The average molecular weight is 249 g/mol. The van der Waals surface area contributed by atoms with Crippen LogP contribution in [0.5, 0.6) is 0 Å². The zero-order valence-corrected chi connectivity index (χ0v) is 11.0.